The second-order valence-electron chi connectivity index (χ2n) is 5.89. The van der Waals surface area contributed by atoms with Gasteiger partial charge in [-0.1, -0.05) is 0 Å². The Bertz CT molecular complexity index is 532. The first kappa shape index (κ1) is 15.7. The molecule has 8 heteroatoms. The van der Waals surface area contributed by atoms with Crippen LogP contribution in [0.25, 0.3) is 0 Å². The summed E-state index contributed by atoms with van der Waals surface area (Å²) in [6.45, 7) is 7.07. The molecule has 0 aromatic carbocycles. The van der Waals surface area contributed by atoms with Crippen LogP contribution in [0.5, 0.6) is 0 Å². The summed E-state index contributed by atoms with van der Waals surface area (Å²) in [6.07, 6.45) is -0.315. The summed E-state index contributed by atoms with van der Waals surface area (Å²) in [5.74, 6) is -1.02. The highest BCUT2D eigenvalue weighted by molar-refractivity contribution is 7.09. The number of likely N-dealkylation sites (tertiary alicyclic amines) is 1. The fraction of sp³-hybridized carbons (Fsp3) is 0.615. The summed E-state index contributed by atoms with van der Waals surface area (Å²) in [4.78, 5) is 28.8. The van der Waals surface area contributed by atoms with E-state index in [4.69, 9.17) is 9.84 Å². The number of rotatable bonds is 4. The van der Waals surface area contributed by atoms with Gasteiger partial charge in [0.15, 0.2) is 5.69 Å². The molecule has 1 aromatic heterocycles. The molecule has 7 nitrogen and oxygen atoms in total. The molecule has 1 aromatic rings. The van der Waals surface area contributed by atoms with Crippen molar-refractivity contribution in [1.82, 2.24) is 15.2 Å². The predicted octanol–water partition coefficient (Wildman–Crippen LogP) is 1.55. The molecule has 116 valence electrons. The summed E-state index contributed by atoms with van der Waals surface area (Å²) >= 11 is 1.31. The van der Waals surface area contributed by atoms with Gasteiger partial charge in [0.2, 0.25) is 0 Å². The van der Waals surface area contributed by atoms with Crippen molar-refractivity contribution in [3.05, 3.63) is 16.1 Å². The number of hydrogen-bond acceptors (Lipinski definition) is 6. The van der Waals surface area contributed by atoms with Crippen molar-refractivity contribution in [2.75, 3.05) is 13.1 Å². The fourth-order valence-corrected chi connectivity index (χ4v) is 2.59. The number of amides is 1. The zero-order valence-corrected chi connectivity index (χ0v) is 13.1. The fourth-order valence-electron chi connectivity index (χ4n) is 1.89. The van der Waals surface area contributed by atoms with Gasteiger partial charge >= 0.3 is 12.1 Å². The lowest BCUT2D eigenvalue weighted by molar-refractivity contribution is 0.00520. The van der Waals surface area contributed by atoms with Gasteiger partial charge in [0, 0.05) is 25.7 Å². The minimum Gasteiger partial charge on any atom is -0.476 e. The van der Waals surface area contributed by atoms with E-state index in [0.717, 1.165) is 0 Å². The number of thiazole rings is 1. The topological polar surface area (TPSA) is 91.8 Å². The number of carbonyl (C=O) groups excluding carboxylic acids is 1. The number of nitrogens with one attached hydrogen (secondary N) is 1. The maximum absolute atomic E-state index is 11.8. The molecule has 0 aliphatic carbocycles. The Kier molecular flexibility index (Phi) is 4.48. The molecule has 0 saturated carbocycles. The van der Waals surface area contributed by atoms with Crippen molar-refractivity contribution >= 4 is 23.4 Å². The van der Waals surface area contributed by atoms with Crippen LogP contribution in [0.3, 0.4) is 0 Å². The van der Waals surface area contributed by atoms with Crippen molar-refractivity contribution in [3.8, 4) is 0 Å². The Labute approximate surface area is 126 Å². The smallest absolute Gasteiger partial charge is 0.410 e. The number of carbonyl (C=O) groups is 2. The molecule has 1 saturated heterocycles. The van der Waals surface area contributed by atoms with Crippen LogP contribution in [0.4, 0.5) is 4.79 Å². The summed E-state index contributed by atoms with van der Waals surface area (Å²) in [5, 5.41) is 12.2. The van der Waals surface area contributed by atoms with Gasteiger partial charge in [-0.3, -0.25) is 0 Å². The van der Waals surface area contributed by atoms with E-state index in [1.54, 1.807) is 4.90 Å². The molecule has 0 bridgehead atoms. The van der Waals surface area contributed by atoms with Crippen LogP contribution in [0.15, 0.2) is 5.51 Å². The van der Waals surface area contributed by atoms with Gasteiger partial charge in [-0.05, 0) is 20.8 Å². The lowest BCUT2D eigenvalue weighted by atomic mass is 10.1. The highest BCUT2D eigenvalue weighted by atomic mass is 32.1. The number of hydrogen-bond donors (Lipinski definition) is 2. The molecule has 1 amide bonds. The number of aromatic nitrogens is 1. The van der Waals surface area contributed by atoms with Gasteiger partial charge < -0.3 is 20.1 Å². The SMILES string of the molecule is CC(C)(C)OC(=O)N1CC(NCc2scnc2C(=O)O)C1. The highest BCUT2D eigenvalue weighted by Gasteiger charge is 2.33. The molecule has 0 spiro atoms. The molecule has 2 heterocycles. The van der Waals surface area contributed by atoms with Crippen molar-refractivity contribution < 1.29 is 19.4 Å². The normalized spacial score (nSPS) is 15.7. The van der Waals surface area contributed by atoms with Gasteiger partial charge in [0.1, 0.15) is 5.60 Å². The molecule has 0 unspecified atom stereocenters. The first-order valence-corrected chi connectivity index (χ1v) is 7.51. The van der Waals surface area contributed by atoms with E-state index in [1.165, 1.54) is 16.8 Å². The average molecular weight is 313 g/mol. The molecule has 2 N–H and O–H groups in total. The Hall–Kier alpha value is -1.67. The monoisotopic (exact) mass is 313 g/mol. The molecule has 0 atom stereocenters. The number of carboxylic acids is 1. The van der Waals surface area contributed by atoms with Gasteiger partial charge in [0.05, 0.1) is 10.4 Å². The number of carboxylic acid groups (broad SMARTS) is 1. The highest BCUT2D eigenvalue weighted by Crippen LogP contribution is 2.17. The average Bonchev–Trinajstić information content (AvgIpc) is 2.72. The van der Waals surface area contributed by atoms with Crippen LogP contribution in [0.1, 0.15) is 36.1 Å². The third-order valence-corrected chi connectivity index (χ3v) is 3.76. The summed E-state index contributed by atoms with van der Waals surface area (Å²) in [5.41, 5.74) is 1.12. The molecule has 2 rings (SSSR count). The minimum absolute atomic E-state index is 0.0934. The summed E-state index contributed by atoms with van der Waals surface area (Å²) in [7, 11) is 0. The number of aromatic carboxylic acids is 1. The van der Waals surface area contributed by atoms with Crippen LogP contribution >= 0.6 is 11.3 Å². The van der Waals surface area contributed by atoms with E-state index in [-0.39, 0.29) is 17.8 Å². The quantitative estimate of drug-likeness (QED) is 0.876. The van der Waals surface area contributed by atoms with Gasteiger partial charge in [-0.25, -0.2) is 14.6 Å². The van der Waals surface area contributed by atoms with Gasteiger partial charge in [-0.15, -0.1) is 11.3 Å². The second kappa shape index (κ2) is 5.98. The van der Waals surface area contributed by atoms with Crippen LogP contribution in [-0.4, -0.2) is 51.8 Å². The molecular formula is C13H19N3O4S. The molecule has 0 radical (unpaired) electrons. The zero-order chi connectivity index (χ0) is 15.6. The first-order valence-electron chi connectivity index (χ1n) is 6.63. The lowest BCUT2D eigenvalue weighted by Gasteiger charge is -2.40. The maximum Gasteiger partial charge on any atom is 0.410 e. The maximum atomic E-state index is 11.8. The predicted molar refractivity (Wildman–Crippen MR) is 77.5 cm³/mol. The summed E-state index contributed by atoms with van der Waals surface area (Å²) < 4.78 is 5.26. The van der Waals surface area contributed by atoms with E-state index >= 15 is 0 Å². The van der Waals surface area contributed by atoms with Crippen LogP contribution in [-0.2, 0) is 11.3 Å². The first-order chi connectivity index (χ1) is 9.76. The molecular weight excluding hydrogens is 294 g/mol. The lowest BCUT2D eigenvalue weighted by Crippen LogP contribution is -2.60. The van der Waals surface area contributed by atoms with Gasteiger partial charge in [0.25, 0.3) is 0 Å². The minimum atomic E-state index is -1.02. The number of nitrogens with zero attached hydrogens (tertiary/aromatic N) is 2. The zero-order valence-electron chi connectivity index (χ0n) is 12.3. The summed E-state index contributed by atoms with van der Waals surface area (Å²) in [6, 6.07) is 0.154. The second-order valence-corrected chi connectivity index (χ2v) is 6.83. The van der Waals surface area contributed by atoms with Crippen LogP contribution in [0, 0.1) is 0 Å². The Balaban J connectivity index is 1.75. The van der Waals surface area contributed by atoms with Crippen molar-refractivity contribution in [2.24, 2.45) is 0 Å². The van der Waals surface area contributed by atoms with E-state index in [2.05, 4.69) is 10.3 Å². The van der Waals surface area contributed by atoms with E-state index in [1.807, 2.05) is 20.8 Å². The number of ether oxygens (including phenoxy) is 1. The largest absolute Gasteiger partial charge is 0.476 e. The van der Waals surface area contributed by atoms with E-state index < -0.39 is 11.6 Å². The Morgan fingerprint density at radius 3 is 2.76 bits per heavy atom. The third-order valence-electron chi connectivity index (χ3n) is 2.93. The van der Waals surface area contributed by atoms with Crippen molar-refractivity contribution in [1.29, 1.82) is 0 Å². The van der Waals surface area contributed by atoms with Crippen LogP contribution < -0.4 is 5.32 Å². The Morgan fingerprint density at radius 2 is 2.19 bits per heavy atom. The van der Waals surface area contributed by atoms with E-state index in [0.29, 0.717) is 24.5 Å². The third kappa shape index (κ3) is 4.15. The van der Waals surface area contributed by atoms with E-state index in [9.17, 15) is 9.59 Å². The molecule has 1 aliphatic rings. The van der Waals surface area contributed by atoms with Crippen molar-refractivity contribution in [2.45, 2.75) is 39.0 Å². The van der Waals surface area contributed by atoms with Crippen LogP contribution in [0.2, 0.25) is 0 Å². The molecule has 21 heavy (non-hydrogen) atoms. The van der Waals surface area contributed by atoms with Gasteiger partial charge in [-0.2, -0.15) is 0 Å². The molecule has 1 aliphatic heterocycles. The van der Waals surface area contributed by atoms with Crippen molar-refractivity contribution in [3.63, 3.8) is 0 Å². The standard InChI is InChI=1S/C13H19N3O4S/c1-13(2,3)20-12(19)16-5-8(6-16)14-4-9-10(11(17)18)15-7-21-9/h7-8,14H,4-6H2,1-3H3,(H,17,18). The Morgan fingerprint density at radius 1 is 1.52 bits per heavy atom. The molecule has 1 fully saturated rings.